The summed E-state index contributed by atoms with van der Waals surface area (Å²) in [6.07, 6.45) is 2.43. The van der Waals surface area contributed by atoms with Crippen LogP contribution in [0.2, 0.25) is 5.02 Å². The lowest BCUT2D eigenvalue weighted by Crippen LogP contribution is -3.10. The number of nitrogens with one attached hydrogen (secondary N) is 3. The zero-order valence-electron chi connectivity index (χ0n) is 20.3. The fourth-order valence-corrected chi connectivity index (χ4v) is 5.97. The number of hydrogen-bond acceptors (Lipinski definition) is 4. The Bertz CT molecular complexity index is 1630. The molecule has 4 N–H and O–H groups in total. The number of carbonyl (C=O) groups excluding carboxylic acids is 3. The normalized spacial score (nSPS) is 15.5. The average Bonchev–Trinajstić information content (AvgIpc) is 3.56. The van der Waals surface area contributed by atoms with Crippen LogP contribution in [0.25, 0.3) is 32.9 Å². The Hall–Kier alpha value is -3.88. The summed E-state index contributed by atoms with van der Waals surface area (Å²) in [4.78, 5) is 40.3. The van der Waals surface area contributed by atoms with Crippen LogP contribution in [0.15, 0.2) is 42.5 Å². The minimum absolute atomic E-state index is 0.165. The van der Waals surface area contributed by atoms with Gasteiger partial charge in [-0.3, -0.25) is 19.7 Å². The molecule has 188 valence electrons. The van der Waals surface area contributed by atoms with Crippen LogP contribution in [0.3, 0.4) is 0 Å². The predicted molar refractivity (Wildman–Crippen MR) is 141 cm³/mol. The first kappa shape index (κ1) is 23.5. The highest BCUT2D eigenvalue weighted by Gasteiger charge is 2.35. The van der Waals surface area contributed by atoms with Crippen molar-refractivity contribution in [3.8, 4) is 16.9 Å². The van der Waals surface area contributed by atoms with Crippen molar-refractivity contribution in [2.24, 2.45) is 7.05 Å². The minimum Gasteiger partial charge on any atom is -0.507 e. The Morgan fingerprint density at radius 1 is 1.05 bits per heavy atom. The molecule has 0 aliphatic carbocycles. The summed E-state index contributed by atoms with van der Waals surface area (Å²) < 4.78 is 1.87. The van der Waals surface area contributed by atoms with E-state index >= 15 is 0 Å². The summed E-state index contributed by atoms with van der Waals surface area (Å²) in [5.41, 5.74) is 3.20. The van der Waals surface area contributed by atoms with Crippen LogP contribution in [0, 0.1) is 0 Å². The highest BCUT2D eigenvalue weighted by atomic mass is 35.5. The number of aryl methyl sites for hydroxylation is 1. The van der Waals surface area contributed by atoms with E-state index in [9.17, 15) is 19.5 Å². The van der Waals surface area contributed by atoms with Gasteiger partial charge in [0.1, 0.15) is 5.75 Å². The number of phenols is 1. The third kappa shape index (κ3) is 3.75. The number of quaternary nitrogens is 1. The summed E-state index contributed by atoms with van der Waals surface area (Å²) in [5.74, 6) is -1.52. The topological polar surface area (TPSA) is 105 Å². The molecule has 4 aromatic rings. The molecule has 1 fully saturated rings. The Labute approximate surface area is 217 Å². The van der Waals surface area contributed by atoms with Crippen molar-refractivity contribution >= 4 is 51.1 Å². The highest BCUT2D eigenvalue weighted by Crippen LogP contribution is 2.42. The monoisotopic (exact) mass is 517 g/mol. The van der Waals surface area contributed by atoms with Gasteiger partial charge >= 0.3 is 0 Å². The minimum atomic E-state index is -0.503. The predicted octanol–water partition coefficient (Wildman–Crippen LogP) is 2.65. The summed E-state index contributed by atoms with van der Waals surface area (Å²) in [6, 6.07) is 12.1. The molecule has 0 spiro atoms. The Morgan fingerprint density at radius 3 is 2.54 bits per heavy atom. The van der Waals surface area contributed by atoms with Crippen molar-refractivity contribution in [3.05, 3.63) is 64.2 Å². The van der Waals surface area contributed by atoms with Crippen LogP contribution >= 0.6 is 11.6 Å². The fraction of sp³-hybridized carbons (Fsp3) is 0.250. The molecule has 1 aromatic heterocycles. The van der Waals surface area contributed by atoms with E-state index < -0.39 is 11.8 Å². The summed E-state index contributed by atoms with van der Waals surface area (Å²) in [6.45, 7) is 3.62. The van der Waals surface area contributed by atoms with E-state index in [0.717, 1.165) is 19.6 Å². The zero-order chi connectivity index (χ0) is 25.8. The van der Waals surface area contributed by atoms with Crippen LogP contribution in [0.4, 0.5) is 0 Å². The van der Waals surface area contributed by atoms with Gasteiger partial charge in [0.15, 0.2) is 0 Å². The number of aromatic nitrogens is 1. The van der Waals surface area contributed by atoms with Gasteiger partial charge in [-0.25, -0.2) is 0 Å². The molecule has 3 amide bonds. The number of aromatic hydroxyl groups is 1. The van der Waals surface area contributed by atoms with Crippen molar-refractivity contribution in [1.29, 1.82) is 0 Å². The lowest BCUT2D eigenvalue weighted by Gasteiger charge is -2.13. The molecule has 3 heterocycles. The summed E-state index contributed by atoms with van der Waals surface area (Å²) in [7, 11) is 1.83. The molecule has 37 heavy (non-hydrogen) atoms. The summed E-state index contributed by atoms with van der Waals surface area (Å²) in [5, 5.41) is 17.8. The van der Waals surface area contributed by atoms with Gasteiger partial charge in [-0.15, -0.1) is 0 Å². The van der Waals surface area contributed by atoms with E-state index in [0.29, 0.717) is 44.5 Å². The standard InChI is InChI=1S/C28H25ClN4O4/c1-32-20-13-18(26(35)30-8-11-33-9-4-5-10-33)22(34)14-17(20)23-21(32)12-16(15-6-2-3-7-19(15)29)24-25(23)28(37)31-27(24)36/h2-3,6-7,12-14,34H,4-5,8-11H2,1H3,(H,30,35)(H,31,36,37)/p+1. The number of imide groups is 1. The summed E-state index contributed by atoms with van der Waals surface area (Å²) >= 11 is 6.47. The van der Waals surface area contributed by atoms with E-state index in [4.69, 9.17) is 11.6 Å². The Kier molecular flexibility index (Phi) is 5.66. The van der Waals surface area contributed by atoms with Gasteiger partial charge in [-0.2, -0.15) is 0 Å². The van der Waals surface area contributed by atoms with Crippen LogP contribution in [0.1, 0.15) is 43.9 Å². The molecule has 2 aliphatic heterocycles. The SMILES string of the molecule is Cn1c2cc(C(=O)NCC[NH+]3CCCC3)c(O)cc2c2c3c(c(-c4ccccc4Cl)cc21)C(=O)NC3=O. The number of hydrogen-bond donors (Lipinski definition) is 4. The number of nitrogens with zero attached hydrogens (tertiary/aromatic N) is 1. The van der Waals surface area contributed by atoms with Gasteiger partial charge < -0.3 is 19.9 Å². The van der Waals surface area contributed by atoms with Crippen LogP contribution in [-0.4, -0.2) is 53.6 Å². The quantitative estimate of drug-likeness (QED) is 0.305. The number of halogens is 1. The second-order valence-corrected chi connectivity index (χ2v) is 10.1. The molecule has 0 atom stereocenters. The molecular weight excluding hydrogens is 492 g/mol. The maximum absolute atomic E-state index is 13.0. The number of fused-ring (bicyclic) bond motifs is 5. The third-order valence-electron chi connectivity index (χ3n) is 7.58. The highest BCUT2D eigenvalue weighted by molar-refractivity contribution is 6.36. The zero-order valence-corrected chi connectivity index (χ0v) is 21.0. The molecule has 0 unspecified atom stereocenters. The fourth-order valence-electron chi connectivity index (χ4n) is 5.73. The van der Waals surface area contributed by atoms with Crippen molar-refractivity contribution in [2.45, 2.75) is 12.8 Å². The number of benzene rings is 3. The molecule has 3 aromatic carbocycles. The molecule has 6 rings (SSSR count). The van der Waals surface area contributed by atoms with Crippen molar-refractivity contribution in [1.82, 2.24) is 15.2 Å². The van der Waals surface area contributed by atoms with Gasteiger partial charge in [0, 0.05) is 46.8 Å². The second kappa shape index (κ2) is 8.90. The maximum atomic E-state index is 13.0. The van der Waals surface area contributed by atoms with Gasteiger partial charge in [0.25, 0.3) is 17.7 Å². The number of rotatable bonds is 5. The van der Waals surface area contributed by atoms with E-state index in [1.807, 2.05) is 23.7 Å². The van der Waals surface area contributed by atoms with Gasteiger partial charge in [-0.05, 0) is 29.8 Å². The lowest BCUT2D eigenvalue weighted by molar-refractivity contribution is -0.886. The largest absolute Gasteiger partial charge is 0.507 e. The number of amides is 3. The number of likely N-dealkylation sites (tertiary alicyclic amines) is 1. The molecule has 9 heteroatoms. The molecular formula is C28H26ClN4O4+. The van der Waals surface area contributed by atoms with Crippen LogP contribution < -0.4 is 15.5 Å². The molecule has 0 saturated carbocycles. The number of carbonyl (C=O) groups is 3. The van der Waals surface area contributed by atoms with Crippen LogP contribution in [0.5, 0.6) is 5.75 Å². The van der Waals surface area contributed by atoms with Crippen molar-refractivity contribution in [2.75, 3.05) is 26.2 Å². The molecule has 1 saturated heterocycles. The van der Waals surface area contributed by atoms with E-state index in [2.05, 4.69) is 10.6 Å². The van der Waals surface area contributed by atoms with Gasteiger partial charge in [0.2, 0.25) is 0 Å². The third-order valence-corrected chi connectivity index (χ3v) is 7.91. The van der Waals surface area contributed by atoms with E-state index in [-0.39, 0.29) is 28.3 Å². The first-order valence-electron chi connectivity index (χ1n) is 12.4. The molecule has 2 aliphatic rings. The van der Waals surface area contributed by atoms with Crippen molar-refractivity contribution in [3.63, 3.8) is 0 Å². The first-order chi connectivity index (χ1) is 17.8. The van der Waals surface area contributed by atoms with Crippen molar-refractivity contribution < 1.29 is 24.4 Å². The molecule has 8 nitrogen and oxygen atoms in total. The second-order valence-electron chi connectivity index (χ2n) is 9.74. The van der Waals surface area contributed by atoms with Gasteiger partial charge in [-0.1, -0.05) is 29.8 Å². The van der Waals surface area contributed by atoms with Gasteiger partial charge in [0.05, 0.1) is 48.4 Å². The maximum Gasteiger partial charge on any atom is 0.259 e. The number of phenolic OH excluding ortho intramolecular Hbond substituents is 1. The van der Waals surface area contributed by atoms with E-state index in [1.165, 1.54) is 23.8 Å². The Morgan fingerprint density at radius 2 is 1.78 bits per heavy atom. The lowest BCUT2D eigenvalue weighted by atomic mass is 9.92. The average molecular weight is 518 g/mol. The Balaban J connectivity index is 1.49. The smallest absolute Gasteiger partial charge is 0.259 e. The van der Waals surface area contributed by atoms with Crippen LogP contribution in [-0.2, 0) is 7.05 Å². The molecule has 0 bridgehead atoms. The van der Waals surface area contributed by atoms with E-state index in [1.54, 1.807) is 24.3 Å². The molecule has 0 radical (unpaired) electrons. The first-order valence-corrected chi connectivity index (χ1v) is 12.8.